The highest BCUT2D eigenvalue weighted by Crippen LogP contribution is 2.42. The van der Waals surface area contributed by atoms with Crippen molar-refractivity contribution in [1.82, 2.24) is 10.3 Å². The van der Waals surface area contributed by atoms with Crippen molar-refractivity contribution >= 4 is 17.6 Å². The van der Waals surface area contributed by atoms with Gasteiger partial charge in [-0.2, -0.15) is 0 Å². The van der Waals surface area contributed by atoms with Gasteiger partial charge >= 0.3 is 12.3 Å². The second-order valence-corrected chi connectivity index (χ2v) is 7.79. The van der Waals surface area contributed by atoms with Crippen molar-refractivity contribution < 1.29 is 41.4 Å². The van der Waals surface area contributed by atoms with Crippen LogP contribution in [-0.2, 0) is 10.3 Å². The average molecular weight is 505 g/mol. The van der Waals surface area contributed by atoms with E-state index in [-0.39, 0.29) is 41.1 Å². The molecule has 36 heavy (non-hydrogen) atoms. The van der Waals surface area contributed by atoms with E-state index in [1.54, 1.807) is 12.1 Å². The first-order chi connectivity index (χ1) is 17.0. The second kappa shape index (κ2) is 9.36. The maximum absolute atomic E-state index is 14.7. The fourth-order valence-corrected chi connectivity index (χ4v) is 3.97. The maximum Gasteiger partial charge on any atom is 0.573 e. The summed E-state index contributed by atoms with van der Waals surface area (Å²) in [4.78, 5) is 29.4. The molecule has 1 atom stereocenters. The Kier molecular flexibility index (Phi) is 6.44. The molecule has 0 unspecified atom stereocenters. The zero-order chi connectivity index (χ0) is 26.1. The Hall–Kier alpha value is -4.35. The molecule has 0 aliphatic carbocycles. The predicted molar refractivity (Wildman–Crippen MR) is 118 cm³/mol. The number of nitrogen functional groups attached to an aromatic ring is 1. The molecule has 0 fully saturated rings. The summed E-state index contributed by atoms with van der Waals surface area (Å²) in [5, 5.41) is 2.82. The normalized spacial score (nSPS) is 16.9. The van der Waals surface area contributed by atoms with Gasteiger partial charge in [-0.1, -0.05) is 6.07 Å². The third-order valence-corrected chi connectivity index (χ3v) is 5.61. The Labute approximate surface area is 202 Å². The number of hydrogen-bond donors (Lipinski definition) is 2. The van der Waals surface area contributed by atoms with Crippen LogP contribution in [0.25, 0.3) is 0 Å². The Bertz CT molecular complexity index is 1330. The minimum absolute atomic E-state index is 0.00579. The Morgan fingerprint density at radius 1 is 1.17 bits per heavy atom. The monoisotopic (exact) mass is 505 g/mol. The van der Waals surface area contributed by atoms with E-state index in [9.17, 15) is 27.2 Å². The first-order valence-electron chi connectivity index (χ1n) is 10.5. The fourth-order valence-electron chi connectivity index (χ4n) is 3.97. The molecule has 1 amide bonds. The standard InChI is InChI=1S/C24H19F4N3O5/c1-34-22(33)15-6-4-13(11-17(15)29)21(32)31-23(8-10-35-19-3-2-9-30-20(19)23)14-5-7-18(16(25)12-14)36-24(26,27)28/h2-7,9,11-12H,8,10,29H2,1H3,(H,31,32)/t23-/m0/s1. The van der Waals surface area contributed by atoms with Crippen molar-refractivity contribution in [2.45, 2.75) is 18.3 Å². The number of ether oxygens (including phenoxy) is 3. The number of hydrogen-bond acceptors (Lipinski definition) is 7. The third-order valence-electron chi connectivity index (χ3n) is 5.61. The van der Waals surface area contributed by atoms with Crippen LogP contribution in [-0.4, -0.2) is 36.9 Å². The van der Waals surface area contributed by atoms with Crippen molar-refractivity contribution in [3.05, 3.63) is 82.9 Å². The molecule has 2 heterocycles. The molecule has 1 aliphatic heterocycles. The van der Waals surface area contributed by atoms with Crippen LogP contribution in [0, 0.1) is 5.82 Å². The van der Waals surface area contributed by atoms with Gasteiger partial charge in [-0.05, 0) is 48.0 Å². The number of rotatable bonds is 5. The minimum atomic E-state index is -5.09. The molecule has 8 nitrogen and oxygen atoms in total. The molecule has 0 spiro atoms. The number of benzene rings is 2. The number of nitrogens with one attached hydrogen (secondary N) is 1. The summed E-state index contributed by atoms with van der Waals surface area (Å²) in [6.07, 6.45) is -3.57. The molecular formula is C24H19F4N3O5. The second-order valence-electron chi connectivity index (χ2n) is 7.79. The summed E-state index contributed by atoms with van der Waals surface area (Å²) in [5.74, 6) is -3.34. The van der Waals surface area contributed by atoms with E-state index in [0.29, 0.717) is 5.75 Å². The highest BCUT2D eigenvalue weighted by atomic mass is 19.4. The average Bonchev–Trinajstić information content (AvgIpc) is 2.84. The number of pyridine rings is 1. The summed E-state index contributed by atoms with van der Waals surface area (Å²) in [6, 6.07) is 10.0. The molecule has 3 N–H and O–H groups in total. The van der Waals surface area contributed by atoms with Crippen molar-refractivity contribution in [3.63, 3.8) is 0 Å². The van der Waals surface area contributed by atoms with E-state index in [1.807, 2.05) is 0 Å². The number of methoxy groups -OCH3 is 1. The van der Waals surface area contributed by atoms with Crippen molar-refractivity contribution in [2.24, 2.45) is 0 Å². The van der Waals surface area contributed by atoms with Crippen LogP contribution < -0.4 is 20.5 Å². The summed E-state index contributed by atoms with van der Waals surface area (Å²) in [5.41, 5.74) is 4.90. The number of nitrogens with zero attached hydrogens (tertiary/aromatic N) is 1. The Balaban J connectivity index is 1.78. The van der Waals surface area contributed by atoms with Gasteiger partial charge in [0, 0.05) is 23.9 Å². The van der Waals surface area contributed by atoms with Crippen LogP contribution in [0.5, 0.6) is 11.5 Å². The van der Waals surface area contributed by atoms with Crippen LogP contribution in [0.15, 0.2) is 54.7 Å². The molecule has 188 valence electrons. The van der Waals surface area contributed by atoms with E-state index in [1.165, 1.54) is 37.6 Å². The third kappa shape index (κ3) is 4.74. The highest BCUT2D eigenvalue weighted by molar-refractivity contribution is 6.00. The number of halogens is 4. The molecule has 1 aromatic heterocycles. The summed E-state index contributed by atoms with van der Waals surface area (Å²) in [7, 11) is 1.19. The molecule has 0 bridgehead atoms. The number of carbonyl (C=O) groups is 2. The van der Waals surface area contributed by atoms with Gasteiger partial charge in [0.25, 0.3) is 5.91 Å². The lowest BCUT2D eigenvalue weighted by molar-refractivity contribution is -0.275. The van der Waals surface area contributed by atoms with Crippen LogP contribution in [0.3, 0.4) is 0 Å². The van der Waals surface area contributed by atoms with Gasteiger partial charge in [0.05, 0.1) is 19.3 Å². The van der Waals surface area contributed by atoms with Gasteiger partial charge in [-0.25, -0.2) is 9.18 Å². The Morgan fingerprint density at radius 2 is 1.94 bits per heavy atom. The molecule has 3 aromatic rings. The van der Waals surface area contributed by atoms with Crippen LogP contribution in [0.2, 0.25) is 0 Å². The fraction of sp³-hybridized carbons (Fsp3) is 0.208. The first-order valence-corrected chi connectivity index (χ1v) is 10.5. The predicted octanol–water partition coefficient (Wildman–Crippen LogP) is 3.94. The zero-order valence-corrected chi connectivity index (χ0v) is 18.7. The van der Waals surface area contributed by atoms with Crippen LogP contribution in [0.4, 0.5) is 23.2 Å². The lowest BCUT2D eigenvalue weighted by Crippen LogP contribution is -2.50. The van der Waals surface area contributed by atoms with E-state index in [0.717, 1.165) is 12.1 Å². The lowest BCUT2D eigenvalue weighted by Gasteiger charge is -2.39. The number of nitrogens with two attached hydrogens (primary N) is 1. The smallest absolute Gasteiger partial charge is 0.491 e. The van der Waals surface area contributed by atoms with Crippen LogP contribution in [0.1, 0.15) is 38.4 Å². The zero-order valence-electron chi connectivity index (χ0n) is 18.7. The van der Waals surface area contributed by atoms with Gasteiger partial charge in [-0.3, -0.25) is 9.78 Å². The Morgan fingerprint density at radius 3 is 2.61 bits per heavy atom. The van der Waals surface area contributed by atoms with Crippen molar-refractivity contribution in [3.8, 4) is 11.5 Å². The van der Waals surface area contributed by atoms with Gasteiger partial charge in [0.15, 0.2) is 11.6 Å². The topological polar surface area (TPSA) is 113 Å². The number of anilines is 1. The van der Waals surface area contributed by atoms with E-state index in [2.05, 4.69) is 19.8 Å². The van der Waals surface area contributed by atoms with Crippen LogP contribution >= 0.6 is 0 Å². The van der Waals surface area contributed by atoms with Gasteiger partial charge in [-0.15, -0.1) is 13.2 Å². The molecule has 0 saturated heterocycles. The van der Waals surface area contributed by atoms with Gasteiger partial charge in [0.2, 0.25) is 0 Å². The largest absolute Gasteiger partial charge is 0.573 e. The number of alkyl halides is 3. The SMILES string of the molecule is COC(=O)c1ccc(C(=O)N[C@]2(c3ccc(OC(F)(F)F)c(F)c3)CCOc3cccnc32)cc1N. The summed E-state index contributed by atoms with van der Waals surface area (Å²) in [6.45, 7) is 0.0881. The van der Waals surface area contributed by atoms with E-state index < -0.39 is 35.3 Å². The van der Waals surface area contributed by atoms with E-state index >= 15 is 0 Å². The van der Waals surface area contributed by atoms with E-state index in [4.69, 9.17) is 10.5 Å². The van der Waals surface area contributed by atoms with Crippen molar-refractivity contribution in [2.75, 3.05) is 19.5 Å². The summed E-state index contributed by atoms with van der Waals surface area (Å²) >= 11 is 0. The quantitative estimate of drug-likeness (QED) is 0.307. The van der Waals surface area contributed by atoms with Gasteiger partial charge < -0.3 is 25.3 Å². The number of esters is 1. The molecule has 12 heteroatoms. The molecule has 2 aromatic carbocycles. The summed E-state index contributed by atoms with van der Waals surface area (Å²) < 4.78 is 66.6. The minimum Gasteiger partial charge on any atom is -0.491 e. The lowest BCUT2D eigenvalue weighted by atomic mass is 9.81. The number of aromatic nitrogens is 1. The maximum atomic E-state index is 14.7. The van der Waals surface area contributed by atoms with Gasteiger partial charge in [0.1, 0.15) is 17.0 Å². The number of fused-ring (bicyclic) bond motifs is 1. The molecule has 1 aliphatic rings. The number of amides is 1. The van der Waals surface area contributed by atoms with Crippen molar-refractivity contribution in [1.29, 1.82) is 0 Å². The number of carbonyl (C=O) groups excluding carboxylic acids is 2. The first kappa shape index (κ1) is 24.8. The molecule has 0 saturated carbocycles. The molecule has 0 radical (unpaired) electrons. The molecular weight excluding hydrogens is 486 g/mol. The molecule has 4 rings (SSSR count). The highest BCUT2D eigenvalue weighted by Gasteiger charge is 2.43.